The molecule has 0 aliphatic carbocycles. The molecule has 0 radical (unpaired) electrons. The summed E-state index contributed by atoms with van der Waals surface area (Å²) in [5.74, 6) is 0.944. The minimum Gasteiger partial charge on any atom is -0.392 e. The molecule has 2 saturated heterocycles. The Morgan fingerprint density at radius 2 is 1.79 bits per heavy atom. The first-order chi connectivity index (χ1) is 13.5. The summed E-state index contributed by atoms with van der Waals surface area (Å²) in [6.45, 7) is 12.8. The summed E-state index contributed by atoms with van der Waals surface area (Å²) in [6, 6.07) is 0. The van der Waals surface area contributed by atoms with Crippen LogP contribution in [0.15, 0.2) is 0 Å². The maximum Gasteiger partial charge on any atom is 0.224 e. The Kier molecular flexibility index (Phi) is 6.34. The Labute approximate surface area is 174 Å². The predicted octanol–water partition coefficient (Wildman–Crippen LogP) is 1.99. The van der Waals surface area contributed by atoms with Crippen LogP contribution >= 0.6 is 22.9 Å². The molecule has 0 saturated carbocycles. The number of hydrogen-bond acceptors (Lipinski definition) is 8. The second-order valence-corrected chi connectivity index (χ2v) is 9.11. The molecule has 7 nitrogen and oxygen atoms in total. The molecule has 0 aromatic carbocycles. The summed E-state index contributed by atoms with van der Waals surface area (Å²) < 4.78 is 6.62. The topological polar surface area (TPSA) is 65.0 Å². The number of morpholine rings is 1. The van der Waals surface area contributed by atoms with Crippen LogP contribution < -0.4 is 4.90 Å². The Morgan fingerprint density at radius 1 is 1.11 bits per heavy atom. The summed E-state index contributed by atoms with van der Waals surface area (Å²) in [5.41, 5.74) is 2.19. The van der Waals surface area contributed by atoms with Crippen molar-refractivity contribution in [3.05, 3.63) is 15.7 Å². The molecule has 0 spiro atoms. The number of ether oxygens (including phenoxy) is 1. The van der Waals surface area contributed by atoms with Crippen LogP contribution in [0.4, 0.5) is 5.82 Å². The first-order valence-electron chi connectivity index (χ1n) is 9.92. The molecule has 2 fully saturated rings. The first kappa shape index (κ1) is 20.3. The van der Waals surface area contributed by atoms with E-state index >= 15 is 0 Å². The molecule has 1 N–H and O–H groups in total. The average molecular weight is 426 g/mol. The fourth-order valence-corrected chi connectivity index (χ4v) is 5.41. The van der Waals surface area contributed by atoms with E-state index in [-0.39, 0.29) is 6.10 Å². The number of rotatable bonds is 5. The quantitative estimate of drug-likeness (QED) is 0.735. The lowest BCUT2D eigenvalue weighted by Gasteiger charge is -2.35. The number of halogens is 1. The van der Waals surface area contributed by atoms with E-state index in [1.54, 1.807) is 11.3 Å². The number of fused-ring (bicyclic) bond motifs is 1. The number of aryl methyl sites for hydroxylation is 1. The van der Waals surface area contributed by atoms with Crippen LogP contribution in [0.25, 0.3) is 10.2 Å². The smallest absolute Gasteiger partial charge is 0.224 e. The van der Waals surface area contributed by atoms with Crippen molar-refractivity contribution in [3.8, 4) is 0 Å². The summed E-state index contributed by atoms with van der Waals surface area (Å²) in [4.78, 5) is 17.5. The van der Waals surface area contributed by atoms with Crippen LogP contribution in [-0.2, 0) is 11.3 Å². The van der Waals surface area contributed by atoms with Gasteiger partial charge in [0.05, 0.1) is 29.5 Å². The summed E-state index contributed by atoms with van der Waals surface area (Å²) >= 11 is 8.06. The van der Waals surface area contributed by atoms with Crippen LogP contribution in [0, 0.1) is 6.92 Å². The Morgan fingerprint density at radius 3 is 2.46 bits per heavy atom. The van der Waals surface area contributed by atoms with Gasteiger partial charge >= 0.3 is 0 Å². The third kappa shape index (κ3) is 4.42. The van der Waals surface area contributed by atoms with Crippen molar-refractivity contribution >= 4 is 39.0 Å². The van der Waals surface area contributed by atoms with Crippen molar-refractivity contribution < 1.29 is 9.84 Å². The van der Waals surface area contributed by atoms with Gasteiger partial charge in [0.15, 0.2) is 5.82 Å². The van der Waals surface area contributed by atoms with Gasteiger partial charge in [-0.05, 0) is 31.0 Å². The maximum absolute atomic E-state index is 9.59. The Hall–Kier alpha value is -1.03. The standard InChI is InChI=1S/C19H28ClN5O2S/c1-13(26)11-23-3-5-24(6-4-23)12-15-14(2)16-17(28-15)18(22-19(20)21-16)25-7-9-27-10-8-25/h13,26H,3-12H2,1-2H3. The molecule has 2 aromatic rings. The maximum atomic E-state index is 9.59. The van der Waals surface area contributed by atoms with Gasteiger partial charge in [0.25, 0.3) is 0 Å². The van der Waals surface area contributed by atoms with Crippen molar-refractivity contribution in [2.45, 2.75) is 26.5 Å². The number of piperazine rings is 1. The molecular weight excluding hydrogens is 398 g/mol. The second kappa shape index (κ2) is 8.77. The van der Waals surface area contributed by atoms with E-state index in [0.717, 1.165) is 81.6 Å². The Bertz CT molecular complexity index is 816. The molecule has 4 heterocycles. The lowest BCUT2D eigenvalue weighted by atomic mass is 10.2. The van der Waals surface area contributed by atoms with Crippen molar-refractivity contribution in [1.82, 2.24) is 19.8 Å². The largest absolute Gasteiger partial charge is 0.392 e. The number of thiophene rings is 1. The molecule has 0 amide bonds. The molecule has 1 atom stereocenters. The van der Waals surface area contributed by atoms with E-state index < -0.39 is 0 Å². The van der Waals surface area contributed by atoms with Gasteiger partial charge in [-0.15, -0.1) is 11.3 Å². The van der Waals surface area contributed by atoms with Crippen molar-refractivity contribution in [1.29, 1.82) is 0 Å². The molecule has 0 bridgehead atoms. The minimum absolute atomic E-state index is 0.265. The van der Waals surface area contributed by atoms with Crippen LogP contribution in [-0.4, -0.2) is 90.0 Å². The molecule has 2 aliphatic heterocycles. The molecule has 28 heavy (non-hydrogen) atoms. The van der Waals surface area contributed by atoms with E-state index in [4.69, 9.17) is 16.3 Å². The summed E-state index contributed by atoms with van der Waals surface area (Å²) in [5, 5.41) is 9.90. The third-order valence-electron chi connectivity index (χ3n) is 5.48. The second-order valence-electron chi connectivity index (χ2n) is 7.67. The number of hydrogen-bond donors (Lipinski definition) is 1. The van der Waals surface area contributed by atoms with Crippen LogP contribution in [0.5, 0.6) is 0 Å². The highest BCUT2D eigenvalue weighted by atomic mass is 35.5. The zero-order valence-electron chi connectivity index (χ0n) is 16.5. The molecule has 4 rings (SSSR count). The van der Waals surface area contributed by atoms with E-state index in [1.807, 2.05) is 6.92 Å². The van der Waals surface area contributed by atoms with Gasteiger partial charge in [-0.25, -0.2) is 4.98 Å². The van der Waals surface area contributed by atoms with Gasteiger partial charge in [-0.2, -0.15) is 4.98 Å². The van der Waals surface area contributed by atoms with Gasteiger partial charge in [-0.1, -0.05) is 0 Å². The highest BCUT2D eigenvalue weighted by Gasteiger charge is 2.23. The minimum atomic E-state index is -0.265. The highest BCUT2D eigenvalue weighted by molar-refractivity contribution is 7.19. The van der Waals surface area contributed by atoms with Gasteiger partial charge in [0.2, 0.25) is 5.28 Å². The molecule has 2 aliphatic rings. The van der Waals surface area contributed by atoms with E-state index in [9.17, 15) is 5.11 Å². The first-order valence-corrected chi connectivity index (χ1v) is 11.1. The highest BCUT2D eigenvalue weighted by Crippen LogP contribution is 2.37. The zero-order chi connectivity index (χ0) is 19.7. The molecule has 154 valence electrons. The normalized spacial score (nSPS) is 20.8. The van der Waals surface area contributed by atoms with Crippen molar-refractivity contribution in [2.24, 2.45) is 0 Å². The fourth-order valence-electron chi connectivity index (χ4n) is 3.94. The van der Waals surface area contributed by atoms with Gasteiger partial charge in [-0.3, -0.25) is 9.80 Å². The number of β-amino-alcohol motifs (C(OH)–C–C–N with tert-alkyl or cyclic N) is 1. The number of nitrogens with zero attached hydrogens (tertiary/aromatic N) is 5. The van der Waals surface area contributed by atoms with E-state index in [2.05, 4.69) is 31.6 Å². The lowest BCUT2D eigenvalue weighted by molar-refractivity contribution is 0.0784. The molecule has 9 heteroatoms. The zero-order valence-corrected chi connectivity index (χ0v) is 18.1. The number of aliphatic hydroxyl groups excluding tert-OH is 1. The SMILES string of the molecule is Cc1c(CN2CCN(CC(C)O)CC2)sc2c(N3CCOCC3)nc(Cl)nc12. The Balaban J connectivity index is 1.53. The summed E-state index contributed by atoms with van der Waals surface area (Å²) in [6.07, 6.45) is -0.265. The van der Waals surface area contributed by atoms with Crippen LogP contribution in [0.3, 0.4) is 0 Å². The van der Waals surface area contributed by atoms with Gasteiger partial charge in [0, 0.05) is 57.2 Å². The number of anilines is 1. The van der Waals surface area contributed by atoms with Crippen molar-refractivity contribution in [3.63, 3.8) is 0 Å². The third-order valence-corrected chi connectivity index (χ3v) is 6.92. The van der Waals surface area contributed by atoms with Crippen LogP contribution in [0.1, 0.15) is 17.4 Å². The molecular formula is C19H28ClN5O2S. The predicted molar refractivity (Wildman–Crippen MR) is 114 cm³/mol. The summed E-state index contributed by atoms with van der Waals surface area (Å²) in [7, 11) is 0. The van der Waals surface area contributed by atoms with Crippen LogP contribution in [0.2, 0.25) is 5.28 Å². The van der Waals surface area contributed by atoms with Gasteiger partial charge in [0.1, 0.15) is 0 Å². The monoisotopic (exact) mass is 425 g/mol. The van der Waals surface area contributed by atoms with E-state index in [1.165, 1.54) is 10.4 Å². The fraction of sp³-hybridized carbons (Fsp3) is 0.684. The van der Waals surface area contributed by atoms with Gasteiger partial charge < -0.3 is 14.7 Å². The molecule has 1 unspecified atom stereocenters. The molecule has 2 aromatic heterocycles. The van der Waals surface area contributed by atoms with Crippen molar-refractivity contribution in [2.75, 3.05) is 63.9 Å². The van der Waals surface area contributed by atoms with E-state index in [0.29, 0.717) is 5.28 Å². The average Bonchev–Trinajstić information content (AvgIpc) is 2.99. The lowest BCUT2D eigenvalue weighted by Crippen LogP contribution is -2.47. The number of aliphatic hydroxyl groups is 1. The number of aromatic nitrogens is 2.